The number of carbonyl (C=O) groups excluding carboxylic acids is 2. The number of nitrogens with two attached hydrogens (primary N) is 1. The molecule has 2 rings (SSSR count). The number of rotatable bonds is 3. The van der Waals surface area contributed by atoms with Crippen LogP contribution in [0.3, 0.4) is 0 Å². The summed E-state index contributed by atoms with van der Waals surface area (Å²) in [6.45, 7) is 9.17. The molecule has 22 heavy (non-hydrogen) atoms. The summed E-state index contributed by atoms with van der Waals surface area (Å²) in [6, 6.07) is -0.123. The van der Waals surface area contributed by atoms with Crippen molar-refractivity contribution in [3.8, 4) is 0 Å². The number of piperidine rings is 2. The molecule has 0 bridgehead atoms. The number of nitrogens with zero attached hydrogens (tertiary/aromatic N) is 2. The zero-order valence-electron chi connectivity index (χ0n) is 14.3. The first-order valence-corrected chi connectivity index (χ1v) is 8.73. The molecule has 2 fully saturated rings. The van der Waals surface area contributed by atoms with E-state index in [1.165, 1.54) is 6.42 Å². The molecule has 5 heteroatoms. The molecule has 2 aliphatic rings. The fraction of sp³-hybridized carbons (Fsp3) is 0.882. The molecule has 2 saturated heterocycles. The van der Waals surface area contributed by atoms with Gasteiger partial charge in [0, 0.05) is 38.1 Å². The van der Waals surface area contributed by atoms with Crippen molar-refractivity contribution in [2.24, 2.45) is 23.5 Å². The van der Waals surface area contributed by atoms with Crippen LogP contribution in [0.1, 0.15) is 46.5 Å². The molecule has 2 N–H and O–H groups in total. The van der Waals surface area contributed by atoms with Crippen molar-refractivity contribution in [3.63, 3.8) is 0 Å². The van der Waals surface area contributed by atoms with Gasteiger partial charge in [0.25, 0.3) is 0 Å². The number of amides is 2. The number of likely N-dealkylation sites (tertiary alicyclic amines) is 2. The lowest BCUT2D eigenvalue weighted by atomic mass is 9.92. The van der Waals surface area contributed by atoms with E-state index in [-0.39, 0.29) is 23.8 Å². The molecule has 5 nitrogen and oxygen atoms in total. The van der Waals surface area contributed by atoms with E-state index >= 15 is 0 Å². The summed E-state index contributed by atoms with van der Waals surface area (Å²) in [4.78, 5) is 28.9. The lowest BCUT2D eigenvalue weighted by Gasteiger charge is -2.38. The summed E-state index contributed by atoms with van der Waals surface area (Å²) in [5, 5.41) is 0. The predicted molar refractivity (Wildman–Crippen MR) is 87.1 cm³/mol. The van der Waals surface area contributed by atoms with Crippen molar-refractivity contribution >= 4 is 11.8 Å². The van der Waals surface area contributed by atoms with Crippen LogP contribution in [0.25, 0.3) is 0 Å². The van der Waals surface area contributed by atoms with Gasteiger partial charge in [0.05, 0.1) is 5.92 Å². The van der Waals surface area contributed by atoms with Gasteiger partial charge in [-0.05, 0) is 38.5 Å². The molecule has 0 aromatic rings. The minimum Gasteiger partial charge on any atom is -0.342 e. The van der Waals surface area contributed by atoms with Crippen molar-refractivity contribution in [3.05, 3.63) is 0 Å². The van der Waals surface area contributed by atoms with Gasteiger partial charge in [0.1, 0.15) is 0 Å². The lowest BCUT2D eigenvalue weighted by Crippen LogP contribution is -2.49. The third kappa shape index (κ3) is 4.00. The second kappa shape index (κ2) is 7.44. The van der Waals surface area contributed by atoms with Gasteiger partial charge in [-0.1, -0.05) is 13.8 Å². The van der Waals surface area contributed by atoms with Crippen LogP contribution in [-0.2, 0) is 9.59 Å². The molecule has 2 amide bonds. The Balaban J connectivity index is 1.84. The Hall–Kier alpha value is -1.10. The predicted octanol–water partition coefficient (Wildman–Crippen LogP) is 1.47. The van der Waals surface area contributed by atoms with Crippen molar-refractivity contribution < 1.29 is 9.59 Å². The first-order chi connectivity index (χ1) is 10.4. The minimum atomic E-state index is -0.143. The van der Waals surface area contributed by atoms with Crippen LogP contribution in [0.4, 0.5) is 0 Å². The first-order valence-electron chi connectivity index (χ1n) is 8.73. The molecule has 3 unspecified atom stereocenters. The van der Waals surface area contributed by atoms with E-state index < -0.39 is 0 Å². The third-order valence-electron chi connectivity index (χ3n) is 5.30. The Kier molecular flexibility index (Phi) is 5.84. The highest BCUT2D eigenvalue weighted by Gasteiger charge is 2.33. The van der Waals surface area contributed by atoms with E-state index in [4.69, 9.17) is 5.73 Å². The van der Waals surface area contributed by atoms with Gasteiger partial charge >= 0.3 is 0 Å². The van der Waals surface area contributed by atoms with Crippen LogP contribution < -0.4 is 5.73 Å². The first kappa shape index (κ1) is 17.3. The van der Waals surface area contributed by atoms with E-state index in [2.05, 4.69) is 6.92 Å². The second-order valence-electron chi connectivity index (χ2n) is 7.28. The Morgan fingerprint density at radius 3 is 2.23 bits per heavy atom. The van der Waals surface area contributed by atoms with E-state index in [0.717, 1.165) is 32.4 Å². The minimum absolute atomic E-state index is 0.0972. The van der Waals surface area contributed by atoms with Crippen molar-refractivity contribution in [1.29, 1.82) is 0 Å². The average Bonchev–Trinajstić information content (AvgIpc) is 2.52. The van der Waals surface area contributed by atoms with Crippen molar-refractivity contribution in [2.75, 3.05) is 26.2 Å². The fourth-order valence-corrected chi connectivity index (χ4v) is 3.51. The summed E-state index contributed by atoms with van der Waals surface area (Å²) in [6.07, 6.45) is 3.93. The number of hydrogen-bond donors (Lipinski definition) is 1. The average molecular weight is 309 g/mol. The van der Waals surface area contributed by atoms with Gasteiger partial charge in [-0.15, -0.1) is 0 Å². The van der Waals surface area contributed by atoms with Crippen molar-refractivity contribution in [2.45, 2.75) is 52.5 Å². The second-order valence-corrected chi connectivity index (χ2v) is 7.28. The van der Waals surface area contributed by atoms with Crippen LogP contribution in [0.5, 0.6) is 0 Å². The standard InChI is InChI=1S/C17H31N3O2/c1-12-5-4-8-20(11-12)17(22)15-6-9-19(10-7-15)16(21)13(2)14(3)18/h12-15H,4-11,18H2,1-3H3. The summed E-state index contributed by atoms with van der Waals surface area (Å²) >= 11 is 0. The number of hydrogen-bond acceptors (Lipinski definition) is 3. The van der Waals surface area contributed by atoms with Gasteiger partial charge in [0.15, 0.2) is 0 Å². The number of carbonyl (C=O) groups is 2. The monoisotopic (exact) mass is 309 g/mol. The highest BCUT2D eigenvalue weighted by molar-refractivity contribution is 5.81. The van der Waals surface area contributed by atoms with E-state index in [1.807, 2.05) is 23.6 Å². The Morgan fingerprint density at radius 1 is 1.05 bits per heavy atom. The van der Waals surface area contributed by atoms with Crippen LogP contribution >= 0.6 is 0 Å². The highest BCUT2D eigenvalue weighted by Crippen LogP contribution is 2.24. The molecule has 0 aromatic heterocycles. The molecule has 3 atom stereocenters. The summed E-state index contributed by atoms with van der Waals surface area (Å²) in [5.41, 5.74) is 5.82. The SMILES string of the molecule is CC1CCCN(C(=O)C2CCN(C(=O)C(C)C(C)N)CC2)C1. The molecule has 0 aromatic carbocycles. The van der Waals surface area contributed by atoms with Crippen LogP contribution in [0.2, 0.25) is 0 Å². The van der Waals surface area contributed by atoms with Gasteiger partial charge in [0.2, 0.25) is 11.8 Å². The summed E-state index contributed by atoms with van der Waals surface area (Å²) in [5.74, 6) is 1.01. The summed E-state index contributed by atoms with van der Waals surface area (Å²) in [7, 11) is 0. The van der Waals surface area contributed by atoms with Crippen LogP contribution in [-0.4, -0.2) is 53.8 Å². The van der Waals surface area contributed by atoms with Crippen LogP contribution in [0.15, 0.2) is 0 Å². The molecule has 2 heterocycles. The smallest absolute Gasteiger partial charge is 0.226 e. The molecular formula is C17H31N3O2. The molecule has 0 aliphatic carbocycles. The topological polar surface area (TPSA) is 66.6 Å². The Morgan fingerprint density at radius 2 is 1.68 bits per heavy atom. The maximum atomic E-state index is 12.6. The van der Waals surface area contributed by atoms with Crippen molar-refractivity contribution in [1.82, 2.24) is 9.80 Å². The quantitative estimate of drug-likeness (QED) is 0.858. The molecule has 2 aliphatic heterocycles. The van der Waals surface area contributed by atoms with Gasteiger partial charge in [-0.2, -0.15) is 0 Å². The molecule has 0 spiro atoms. The normalized spacial score (nSPS) is 26.6. The molecule has 0 radical (unpaired) electrons. The maximum absolute atomic E-state index is 12.6. The molecular weight excluding hydrogens is 278 g/mol. The van der Waals surface area contributed by atoms with Gasteiger partial charge in [-0.3, -0.25) is 9.59 Å². The molecule has 126 valence electrons. The highest BCUT2D eigenvalue weighted by atomic mass is 16.2. The van der Waals surface area contributed by atoms with E-state index in [9.17, 15) is 9.59 Å². The fourth-order valence-electron chi connectivity index (χ4n) is 3.51. The van der Waals surface area contributed by atoms with E-state index in [1.54, 1.807) is 0 Å². The van der Waals surface area contributed by atoms with Gasteiger partial charge in [-0.25, -0.2) is 0 Å². The van der Waals surface area contributed by atoms with Crippen LogP contribution in [0, 0.1) is 17.8 Å². The third-order valence-corrected chi connectivity index (χ3v) is 5.30. The largest absolute Gasteiger partial charge is 0.342 e. The zero-order chi connectivity index (χ0) is 16.3. The molecule has 0 saturated carbocycles. The maximum Gasteiger partial charge on any atom is 0.226 e. The lowest BCUT2D eigenvalue weighted by molar-refractivity contribution is -0.143. The van der Waals surface area contributed by atoms with Gasteiger partial charge < -0.3 is 15.5 Å². The summed E-state index contributed by atoms with van der Waals surface area (Å²) < 4.78 is 0. The Labute approximate surface area is 134 Å². The zero-order valence-corrected chi connectivity index (χ0v) is 14.3. The Bertz CT molecular complexity index is 403. The van der Waals surface area contributed by atoms with E-state index in [0.29, 0.717) is 24.9 Å².